The van der Waals surface area contributed by atoms with E-state index in [1.165, 1.54) is 27.2 Å². The first kappa shape index (κ1) is 12.0. The van der Waals surface area contributed by atoms with Crippen molar-refractivity contribution in [3.63, 3.8) is 0 Å². The van der Waals surface area contributed by atoms with Crippen LogP contribution in [0.5, 0.6) is 17.2 Å². The summed E-state index contributed by atoms with van der Waals surface area (Å²) in [5.41, 5.74) is 0.218. The lowest BCUT2D eigenvalue weighted by Gasteiger charge is -2.11. The van der Waals surface area contributed by atoms with Crippen molar-refractivity contribution in [3.8, 4) is 17.2 Å². The molecule has 0 fully saturated rings. The Kier molecular flexibility index (Phi) is 3.88. The van der Waals surface area contributed by atoms with Crippen LogP contribution in [0, 0.1) is 0 Å². The number of ether oxygens (including phenoxy) is 3. The molecule has 0 aliphatic carbocycles. The van der Waals surface area contributed by atoms with Crippen LogP contribution in [0.3, 0.4) is 0 Å². The van der Waals surface area contributed by atoms with Crippen LogP contribution in [0.25, 0.3) is 0 Å². The van der Waals surface area contributed by atoms with Crippen molar-refractivity contribution < 1.29 is 23.8 Å². The molecule has 5 nitrogen and oxygen atoms in total. The van der Waals surface area contributed by atoms with Crippen molar-refractivity contribution in [3.05, 3.63) is 17.7 Å². The first-order valence-electron chi connectivity index (χ1n) is 4.51. The standard InChI is InChI=1S/C11H12O5/c1-7(13)11-9(15-3)4-8(14-2)5-10(11)16-6-12/h4-6H,1-3H3. The number of carbonyl (C=O) groups is 2. The van der Waals surface area contributed by atoms with Gasteiger partial charge in [-0.05, 0) is 6.92 Å². The summed E-state index contributed by atoms with van der Waals surface area (Å²) in [4.78, 5) is 21.7. The van der Waals surface area contributed by atoms with Crippen LogP contribution in [-0.4, -0.2) is 26.5 Å². The van der Waals surface area contributed by atoms with E-state index in [1.807, 2.05) is 0 Å². The second-order valence-electron chi connectivity index (χ2n) is 2.97. The lowest BCUT2D eigenvalue weighted by Crippen LogP contribution is -2.03. The Morgan fingerprint density at radius 1 is 1.19 bits per heavy atom. The Labute approximate surface area is 92.9 Å². The predicted octanol–water partition coefficient (Wildman–Crippen LogP) is 1.44. The third-order valence-corrected chi connectivity index (χ3v) is 2.02. The van der Waals surface area contributed by atoms with Gasteiger partial charge in [-0.25, -0.2) is 0 Å². The van der Waals surface area contributed by atoms with Gasteiger partial charge in [0.25, 0.3) is 6.47 Å². The molecule has 86 valence electrons. The van der Waals surface area contributed by atoms with E-state index in [0.717, 1.165) is 0 Å². The predicted molar refractivity (Wildman–Crippen MR) is 56.2 cm³/mol. The van der Waals surface area contributed by atoms with Crippen molar-refractivity contribution in [2.75, 3.05) is 14.2 Å². The fraction of sp³-hybridized carbons (Fsp3) is 0.273. The molecule has 5 heteroatoms. The summed E-state index contributed by atoms with van der Waals surface area (Å²) in [5, 5.41) is 0. The monoisotopic (exact) mass is 224 g/mol. The molecule has 0 aliphatic heterocycles. The molecule has 0 amide bonds. The molecule has 0 N–H and O–H groups in total. The summed E-state index contributed by atoms with van der Waals surface area (Å²) in [6, 6.07) is 3.00. The Bertz CT molecular complexity index is 411. The summed E-state index contributed by atoms with van der Waals surface area (Å²) in [6.07, 6.45) is 0. The highest BCUT2D eigenvalue weighted by molar-refractivity contribution is 6.00. The van der Waals surface area contributed by atoms with Gasteiger partial charge in [-0.2, -0.15) is 0 Å². The number of Topliss-reactive ketones (excluding diaryl/α,β-unsaturated/α-hetero) is 1. The molecule has 1 rings (SSSR count). The average molecular weight is 224 g/mol. The normalized spacial score (nSPS) is 9.44. The minimum Gasteiger partial charge on any atom is -0.496 e. The maximum absolute atomic E-state index is 11.4. The Morgan fingerprint density at radius 2 is 1.81 bits per heavy atom. The topological polar surface area (TPSA) is 61.8 Å². The van der Waals surface area contributed by atoms with Crippen molar-refractivity contribution >= 4 is 12.3 Å². The summed E-state index contributed by atoms with van der Waals surface area (Å²) in [6.45, 7) is 1.61. The molecular formula is C11H12O5. The van der Waals surface area contributed by atoms with Gasteiger partial charge < -0.3 is 14.2 Å². The van der Waals surface area contributed by atoms with Gasteiger partial charge in [-0.1, -0.05) is 0 Å². The lowest BCUT2D eigenvalue weighted by atomic mass is 10.1. The molecular weight excluding hydrogens is 212 g/mol. The SMILES string of the molecule is COc1cc(OC)c(C(C)=O)c(OC=O)c1. The molecule has 1 aromatic carbocycles. The van der Waals surface area contributed by atoms with Gasteiger partial charge in [-0.3, -0.25) is 9.59 Å². The van der Waals surface area contributed by atoms with E-state index < -0.39 is 0 Å². The van der Waals surface area contributed by atoms with Crippen molar-refractivity contribution in [2.24, 2.45) is 0 Å². The Morgan fingerprint density at radius 3 is 2.25 bits per heavy atom. The molecule has 0 heterocycles. The quantitative estimate of drug-likeness (QED) is 0.559. The van der Waals surface area contributed by atoms with Gasteiger partial charge in [0.2, 0.25) is 0 Å². The van der Waals surface area contributed by atoms with Gasteiger partial charge >= 0.3 is 0 Å². The van der Waals surface area contributed by atoms with Gasteiger partial charge in [0.1, 0.15) is 22.8 Å². The summed E-state index contributed by atoms with van der Waals surface area (Å²) in [5.74, 6) is 0.623. The fourth-order valence-electron chi connectivity index (χ4n) is 1.34. The molecule has 0 bridgehead atoms. The highest BCUT2D eigenvalue weighted by Crippen LogP contribution is 2.34. The summed E-state index contributed by atoms with van der Waals surface area (Å²) >= 11 is 0. The molecule has 0 atom stereocenters. The van der Waals surface area contributed by atoms with Gasteiger partial charge in [-0.15, -0.1) is 0 Å². The van der Waals surface area contributed by atoms with E-state index in [2.05, 4.69) is 0 Å². The van der Waals surface area contributed by atoms with Gasteiger partial charge in [0.05, 0.1) is 14.2 Å². The average Bonchev–Trinajstić information content (AvgIpc) is 2.27. The molecule has 16 heavy (non-hydrogen) atoms. The third-order valence-electron chi connectivity index (χ3n) is 2.02. The zero-order valence-corrected chi connectivity index (χ0v) is 9.27. The number of methoxy groups -OCH3 is 2. The first-order chi connectivity index (χ1) is 7.63. The lowest BCUT2D eigenvalue weighted by molar-refractivity contribution is -0.120. The summed E-state index contributed by atoms with van der Waals surface area (Å²) < 4.78 is 14.8. The van der Waals surface area contributed by atoms with Gasteiger partial charge in [0, 0.05) is 12.1 Å². The Hall–Kier alpha value is -2.04. The van der Waals surface area contributed by atoms with Crippen LogP contribution < -0.4 is 14.2 Å². The number of carbonyl (C=O) groups excluding carboxylic acids is 2. The number of hydrogen-bond acceptors (Lipinski definition) is 5. The molecule has 0 unspecified atom stereocenters. The second-order valence-corrected chi connectivity index (χ2v) is 2.97. The molecule has 0 aliphatic rings. The zero-order valence-electron chi connectivity index (χ0n) is 9.27. The molecule has 0 saturated carbocycles. The summed E-state index contributed by atoms with van der Waals surface area (Å²) in [7, 11) is 2.89. The van der Waals surface area contributed by atoms with E-state index in [9.17, 15) is 9.59 Å². The van der Waals surface area contributed by atoms with Crippen molar-refractivity contribution in [2.45, 2.75) is 6.92 Å². The number of rotatable bonds is 5. The smallest absolute Gasteiger partial charge is 0.298 e. The minimum atomic E-state index is -0.253. The van der Waals surface area contributed by atoms with E-state index >= 15 is 0 Å². The maximum Gasteiger partial charge on any atom is 0.298 e. The van der Waals surface area contributed by atoms with Crippen LogP contribution in [0.2, 0.25) is 0 Å². The highest BCUT2D eigenvalue weighted by Gasteiger charge is 2.17. The molecule has 0 radical (unpaired) electrons. The first-order valence-corrected chi connectivity index (χ1v) is 4.51. The largest absolute Gasteiger partial charge is 0.496 e. The van der Waals surface area contributed by atoms with E-state index in [0.29, 0.717) is 11.5 Å². The third kappa shape index (κ3) is 2.31. The number of ketones is 1. The van der Waals surface area contributed by atoms with Gasteiger partial charge in [0.15, 0.2) is 5.78 Å². The van der Waals surface area contributed by atoms with Crippen LogP contribution in [0.15, 0.2) is 12.1 Å². The van der Waals surface area contributed by atoms with E-state index in [4.69, 9.17) is 14.2 Å². The number of hydrogen-bond donors (Lipinski definition) is 0. The van der Waals surface area contributed by atoms with E-state index in [-0.39, 0.29) is 23.6 Å². The van der Waals surface area contributed by atoms with Crippen LogP contribution >= 0.6 is 0 Å². The number of benzene rings is 1. The molecule has 0 aromatic heterocycles. The van der Waals surface area contributed by atoms with E-state index in [1.54, 1.807) is 6.07 Å². The van der Waals surface area contributed by atoms with Crippen molar-refractivity contribution in [1.82, 2.24) is 0 Å². The van der Waals surface area contributed by atoms with Crippen LogP contribution in [0.4, 0.5) is 0 Å². The second kappa shape index (κ2) is 5.16. The minimum absolute atomic E-state index is 0.124. The van der Waals surface area contributed by atoms with Crippen LogP contribution in [-0.2, 0) is 4.79 Å². The highest BCUT2D eigenvalue weighted by atomic mass is 16.5. The van der Waals surface area contributed by atoms with Crippen molar-refractivity contribution in [1.29, 1.82) is 0 Å². The molecule has 1 aromatic rings. The molecule has 0 spiro atoms. The van der Waals surface area contributed by atoms with Crippen LogP contribution in [0.1, 0.15) is 17.3 Å². The Balaban J connectivity index is 3.40. The maximum atomic E-state index is 11.4. The molecule has 0 saturated heterocycles. The zero-order chi connectivity index (χ0) is 12.1. The fourth-order valence-corrected chi connectivity index (χ4v) is 1.34.